The van der Waals surface area contributed by atoms with Gasteiger partial charge in [0.25, 0.3) is 0 Å². The number of rotatable bonds is 7. The van der Waals surface area contributed by atoms with Crippen molar-refractivity contribution in [2.45, 2.75) is 33.3 Å². The third-order valence-corrected chi connectivity index (χ3v) is 8.57. The first-order valence-electron chi connectivity index (χ1n) is 12.2. The number of carbonyl (C=O) groups excluding carboxylic acids is 1. The van der Waals surface area contributed by atoms with E-state index in [0.29, 0.717) is 54.8 Å². The maximum atomic E-state index is 12.1. The van der Waals surface area contributed by atoms with Crippen LogP contribution in [0.25, 0.3) is 31.9 Å². The topological polar surface area (TPSA) is 153 Å². The molecule has 0 unspecified atom stereocenters. The van der Waals surface area contributed by atoms with Crippen molar-refractivity contribution in [3.63, 3.8) is 0 Å². The summed E-state index contributed by atoms with van der Waals surface area (Å²) in [5.41, 5.74) is 3.04. The van der Waals surface area contributed by atoms with Gasteiger partial charge in [0, 0.05) is 48.5 Å². The van der Waals surface area contributed by atoms with Crippen LogP contribution in [0.5, 0.6) is 0 Å². The maximum absolute atomic E-state index is 12.1. The zero-order valence-electron chi connectivity index (χ0n) is 20.9. The number of amides is 2. The van der Waals surface area contributed by atoms with E-state index in [1.165, 1.54) is 22.7 Å². The highest BCUT2D eigenvalue weighted by Crippen LogP contribution is 2.40. The number of hydrogen-bond acceptors (Lipinski definition) is 10. The molecule has 4 aromatic rings. The van der Waals surface area contributed by atoms with Crippen LogP contribution in [0.15, 0.2) is 29.9 Å². The van der Waals surface area contributed by atoms with Gasteiger partial charge in [0.2, 0.25) is 5.95 Å². The molecule has 1 aliphatic heterocycles. The molecule has 2 amide bonds. The van der Waals surface area contributed by atoms with Gasteiger partial charge < -0.3 is 20.4 Å². The number of benzene rings is 1. The summed E-state index contributed by atoms with van der Waals surface area (Å²) in [5, 5.41) is 27.5. The van der Waals surface area contributed by atoms with E-state index in [1.54, 1.807) is 19.3 Å². The molecule has 38 heavy (non-hydrogen) atoms. The lowest BCUT2D eigenvalue weighted by Crippen LogP contribution is -2.43. The minimum Gasteiger partial charge on any atom is -0.481 e. The number of urea groups is 1. The molecule has 0 aliphatic carbocycles. The number of carboxylic acids is 1. The van der Waals surface area contributed by atoms with Gasteiger partial charge in [0.05, 0.1) is 27.9 Å². The molecule has 0 spiro atoms. The van der Waals surface area contributed by atoms with E-state index in [0.717, 1.165) is 26.4 Å². The van der Waals surface area contributed by atoms with Crippen molar-refractivity contribution in [2.24, 2.45) is 5.41 Å². The van der Waals surface area contributed by atoms with E-state index in [4.69, 9.17) is 0 Å². The summed E-state index contributed by atoms with van der Waals surface area (Å²) in [6, 6.07) is 3.60. The Morgan fingerprint density at radius 2 is 1.87 bits per heavy atom. The van der Waals surface area contributed by atoms with Crippen molar-refractivity contribution in [3.05, 3.63) is 35.6 Å². The van der Waals surface area contributed by atoms with Crippen LogP contribution in [0, 0.1) is 5.41 Å². The molecule has 5 rings (SSSR count). The van der Waals surface area contributed by atoms with Crippen molar-refractivity contribution >= 4 is 56.0 Å². The minimum atomic E-state index is -0.766. The Bertz CT molecular complexity index is 1480. The van der Waals surface area contributed by atoms with E-state index in [2.05, 4.69) is 30.6 Å². The molecule has 3 aromatic heterocycles. The molecule has 1 aromatic carbocycles. The second kappa shape index (κ2) is 10.6. The number of piperidine rings is 1. The quantitative estimate of drug-likeness (QED) is 0.264. The fourth-order valence-corrected chi connectivity index (χ4v) is 6.12. The normalized spacial score (nSPS) is 15.0. The number of carbonyl (C=O) groups is 2. The van der Waals surface area contributed by atoms with E-state index < -0.39 is 11.4 Å². The van der Waals surface area contributed by atoms with Gasteiger partial charge in [0.15, 0.2) is 5.13 Å². The summed E-state index contributed by atoms with van der Waals surface area (Å²) in [4.78, 5) is 44.0. The molecule has 1 aliphatic rings. The lowest BCUT2D eigenvalue weighted by atomic mass is 9.80. The largest absolute Gasteiger partial charge is 0.481 e. The van der Waals surface area contributed by atoms with Crippen molar-refractivity contribution in [2.75, 3.05) is 29.9 Å². The highest BCUT2D eigenvalue weighted by molar-refractivity contribution is 7.23. The van der Waals surface area contributed by atoms with Crippen LogP contribution in [-0.4, -0.2) is 61.8 Å². The molecule has 1 saturated heterocycles. The summed E-state index contributed by atoms with van der Waals surface area (Å²) in [5.74, 6) is -0.200. The smallest absolute Gasteiger partial charge is 0.321 e. The zero-order chi connectivity index (χ0) is 26.9. The number of aliphatic hydroxyl groups excluding tert-OH is 1. The Balaban J connectivity index is 1.47. The van der Waals surface area contributed by atoms with Crippen LogP contribution in [-0.2, 0) is 11.4 Å². The summed E-state index contributed by atoms with van der Waals surface area (Å²) in [7, 11) is 0. The Hall–Kier alpha value is -3.68. The highest BCUT2D eigenvalue weighted by Gasteiger charge is 2.37. The first-order valence-corrected chi connectivity index (χ1v) is 13.8. The van der Waals surface area contributed by atoms with E-state index in [9.17, 15) is 19.8 Å². The number of carboxylic acid groups (broad SMARTS) is 1. The SMILES string of the molecule is CCNC(=O)Nc1nc2cc(-c3cnc(N4CCC(C)(C(=O)O)CC4)nc3)cc(-c3nc(CO)cs3)c2s1. The number of aliphatic hydroxyl groups is 1. The molecule has 0 radical (unpaired) electrons. The number of nitrogens with one attached hydrogen (secondary N) is 2. The molecule has 198 valence electrons. The van der Waals surface area contributed by atoms with Crippen LogP contribution in [0.4, 0.5) is 15.9 Å². The first kappa shape index (κ1) is 25.9. The van der Waals surface area contributed by atoms with Gasteiger partial charge in [-0.1, -0.05) is 11.3 Å². The van der Waals surface area contributed by atoms with Gasteiger partial charge in [-0.25, -0.2) is 24.7 Å². The van der Waals surface area contributed by atoms with E-state index >= 15 is 0 Å². The summed E-state index contributed by atoms with van der Waals surface area (Å²) < 4.78 is 0.867. The average molecular weight is 554 g/mol. The molecule has 1 fully saturated rings. The van der Waals surface area contributed by atoms with Gasteiger partial charge in [0.1, 0.15) is 5.01 Å². The number of thiazole rings is 2. The molecule has 0 bridgehead atoms. The zero-order valence-corrected chi connectivity index (χ0v) is 22.5. The van der Waals surface area contributed by atoms with Gasteiger partial charge in [-0.3, -0.25) is 10.1 Å². The van der Waals surface area contributed by atoms with Gasteiger partial charge in [-0.2, -0.15) is 0 Å². The predicted octanol–water partition coefficient (Wildman–Crippen LogP) is 4.20. The molecule has 4 N–H and O–H groups in total. The van der Waals surface area contributed by atoms with Crippen LogP contribution < -0.4 is 15.5 Å². The highest BCUT2D eigenvalue weighted by atomic mass is 32.1. The Morgan fingerprint density at radius 3 is 2.50 bits per heavy atom. The van der Waals surface area contributed by atoms with Crippen LogP contribution in [0.3, 0.4) is 0 Å². The van der Waals surface area contributed by atoms with Crippen LogP contribution in [0.1, 0.15) is 32.4 Å². The summed E-state index contributed by atoms with van der Waals surface area (Å²) in [6.45, 7) is 5.14. The standard InChI is InChI=1S/C25H27N7O4S2/c1-3-26-23(36)31-24-30-18-9-14(8-17(19(18)38-24)20-29-16(12-33)13-37-20)15-10-27-22(28-11-15)32-6-4-25(2,5-7-32)21(34)35/h8-11,13,33H,3-7,12H2,1-2H3,(H,34,35)(H2,26,30,31,36). The Kier molecular flexibility index (Phi) is 7.23. The minimum absolute atomic E-state index is 0.149. The van der Waals surface area contributed by atoms with Crippen molar-refractivity contribution in [1.82, 2.24) is 25.3 Å². The van der Waals surface area contributed by atoms with Gasteiger partial charge in [-0.05, 0) is 44.4 Å². The maximum Gasteiger partial charge on any atom is 0.321 e. The Morgan fingerprint density at radius 1 is 1.13 bits per heavy atom. The first-order chi connectivity index (χ1) is 18.3. The second-order valence-corrected chi connectivity index (χ2v) is 11.2. The average Bonchev–Trinajstić information content (AvgIpc) is 3.55. The third-order valence-electron chi connectivity index (χ3n) is 6.63. The number of nitrogens with zero attached hydrogens (tertiary/aromatic N) is 5. The molecular formula is C25H27N7O4S2. The van der Waals surface area contributed by atoms with E-state index in [-0.39, 0.29) is 12.6 Å². The second-order valence-electron chi connectivity index (χ2n) is 9.30. The van der Waals surface area contributed by atoms with Crippen LogP contribution in [0.2, 0.25) is 0 Å². The van der Waals surface area contributed by atoms with Gasteiger partial charge in [-0.15, -0.1) is 11.3 Å². The van der Waals surface area contributed by atoms with Crippen molar-refractivity contribution in [3.8, 4) is 21.7 Å². The molecule has 4 heterocycles. The Labute approximate surface area is 226 Å². The molecular weight excluding hydrogens is 526 g/mol. The number of fused-ring (bicyclic) bond motifs is 1. The monoisotopic (exact) mass is 553 g/mol. The number of aromatic nitrogens is 4. The summed E-state index contributed by atoms with van der Waals surface area (Å²) >= 11 is 2.79. The number of hydrogen-bond donors (Lipinski definition) is 4. The third kappa shape index (κ3) is 5.17. The van der Waals surface area contributed by atoms with E-state index in [1.807, 2.05) is 29.3 Å². The molecule has 13 heteroatoms. The van der Waals surface area contributed by atoms with Gasteiger partial charge >= 0.3 is 12.0 Å². The van der Waals surface area contributed by atoms with Crippen molar-refractivity contribution in [1.29, 1.82) is 0 Å². The fourth-order valence-electron chi connectivity index (χ4n) is 4.26. The number of aliphatic carboxylic acids is 1. The lowest BCUT2D eigenvalue weighted by molar-refractivity contribution is -0.149. The molecule has 11 nitrogen and oxygen atoms in total. The predicted molar refractivity (Wildman–Crippen MR) is 148 cm³/mol. The summed E-state index contributed by atoms with van der Waals surface area (Å²) in [6.07, 6.45) is 4.57. The molecule has 0 atom stereocenters. The number of anilines is 2. The van der Waals surface area contributed by atoms with Crippen molar-refractivity contribution < 1.29 is 19.8 Å². The molecule has 0 saturated carbocycles. The fraction of sp³-hybridized carbons (Fsp3) is 0.360. The van der Waals surface area contributed by atoms with Crippen LogP contribution >= 0.6 is 22.7 Å². The lowest BCUT2D eigenvalue weighted by Gasteiger charge is -2.36.